The van der Waals surface area contributed by atoms with Gasteiger partial charge in [0.25, 0.3) is 0 Å². The average Bonchev–Trinajstić information content (AvgIpc) is 3.42. The molecule has 0 saturated heterocycles. The van der Waals surface area contributed by atoms with Gasteiger partial charge in [-0.2, -0.15) is 0 Å². The maximum Gasteiger partial charge on any atom is 0.144 e. The molecule has 0 amide bonds. The third-order valence-electron chi connectivity index (χ3n) is 6.60. The van der Waals surface area contributed by atoms with Gasteiger partial charge in [-0.3, -0.25) is 4.98 Å². The Morgan fingerprint density at radius 3 is 3.09 bits per heavy atom. The number of hydrogen-bond acceptors (Lipinski definition) is 5. The molecule has 3 heterocycles. The molecule has 1 aliphatic heterocycles. The molecule has 3 N–H and O–H groups in total. The minimum atomic E-state index is -0.454. The van der Waals surface area contributed by atoms with E-state index in [-0.39, 0.29) is 0 Å². The van der Waals surface area contributed by atoms with Gasteiger partial charge in [0.2, 0.25) is 0 Å². The Morgan fingerprint density at radius 2 is 2.12 bits per heavy atom. The molecular formula is C26H26N4O2. The number of aliphatic hydroxyl groups is 1. The summed E-state index contributed by atoms with van der Waals surface area (Å²) < 4.78 is 6.01. The van der Waals surface area contributed by atoms with Crippen LogP contribution in [0.2, 0.25) is 0 Å². The van der Waals surface area contributed by atoms with E-state index in [1.165, 1.54) is 16.5 Å². The van der Waals surface area contributed by atoms with Crippen molar-refractivity contribution >= 4 is 28.0 Å². The Morgan fingerprint density at radius 1 is 1.19 bits per heavy atom. The predicted octanol–water partition coefficient (Wildman–Crippen LogP) is 4.73. The number of aromatic amines is 1. The number of aliphatic hydroxyl groups excluding tert-OH is 1. The fourth-order valence-electron chi connectivity index (χ4n) is 4.93. The van der Waals surface area contributed by atoms with Gasteiger partial charge in [-0.05, 0) is 54.7 Å². The summed E-state index contributed by atoms with van der Waals surface area (Å²) in [5.74, 6) is 0.908. The molecular weight excluding hydrogens is 400 g/mol. The van der Waals surface area contributed by atoms with Crippen LogP contribution in [0.25, 0.3) is 10.9 Å². The summed E-state index contributed by atoms with van der Waals surface area (Å²) in [7, 11) is 0. The second kappa shape index (κ2) is 7.88. The third-order valence-corrected chi connectivity index (χ3v) is 6.60. The Hall–Kier alpha value is -3.51. The van der Waals surface area contributed by atoms with Crippen LogP contribution in [0, 0.1) is 0 Å². The molecule has 0 fully saturated rings. The van der Waals surface area contributed by atoms with Gasteiger partial charge in [-0.1, -0.05) is 18.2 Å². The molecule has 0 saturated carbocycles. The van der Waals surface area contributed by atoms with E-state index >= 15 is 0 Å². The van der Waals surface area contributed by atoms with Crippen LogP contribution < -0.4 is 15.0 Å². The molecule has 2 aromatic carbocycles. The zero-order chi connectivity index (χ0) is 21.5. The number of aromatic nitrogens is 2. The van der Waals surface area contributed by atoms with Crippen molar-refractivity contribution < 1.29 is 9.84 Å². The smallest absolute Gasteiger partial charge is 0.144 e. The normalized spacial score (nSPS) is 17.2. The fourth-order valence-corrected chi connectivity index (χ4v) is 4.93. The number of hydrogen-bond donors (Lipinski definition) is 3. The van der Waals surface area contributed by atoms with Crippen LogP contribution in [0.3, 0.4) is 0 Å². The molecule has 1 atom stereocenters. The zero-order valence-corrected chi connectivity index (χ0v) is 17.8. The van der Waals surface area contributed by atoms with Gasteiger partial charge in [0.05, 0.1) is 24.0 Å². The van der Waals surface area contributed by atoms with Crippen LogP contribution in [-0.4, -0.2) is 34.8 Å². The van der Waals surface area contributed by atoms with Crippen molar-refractivity contribution in [3.8, 4) is 5.75 Å². The Bertz CT molecular complexity index is 1280. The van der Waals surface area contributed by atoms with E-state index in [2.05, 4.69) is 68.8 Å². The summed E-state index contributed by atoms with van der Waals surface area (Å²) in [6.45, 7) is 2.51. The highest BCUT2D eigenvalue weighted by Crippen LogP contribution is 2.38. The molecule has 0 bridgehead atoms. The third kappa shape index (κ3) is 3.37. The molecule has 1 aliphatic carbocycles. The van der Waals surface area contributed by atoms with Crippen LogP contribution in [0.4, 0.5) is 17.1 Å². The van der Waals surface area contributed by atoms with E-state index in [4.69, 9.17) is 4.74 Å². The van der Waals surface area contributed by atoms with E-state index in [0.29, 0.717) is 6.61 Å². The SMILES string of the molecule is OC1CCc2c(Nc3ccc4c(c3)OCCN4CCc3c[nH]c4ccccc34)ccnc21. The summed E-state index contributed by atoms with van der Waals surface area (Å²) >= 11 is 0. The second-order valence-electron chi connectivity index (χ2n) is 8.53. The number of fused-ring (bicyclic) bond motifs is 3. The standard InChI is InChI=1S/C26H26N4O2/c31-24-8-6-20-22(9-11-27-26(20)24)29-18-5-7-23-25(15-18)32-14-13-30(23)12-10-17-16-28-21-4-2-1-3-19(17)21/h1-5,7,9,11,15-16,24,28,31H,6,8,10,12-14H2,(H,27,29). The molecule has 6 heteroatoms. The first-order valence-electron chi connectivity index (χ1n) is 11.3. The highest BCUT2D eigenvalue weighted by Gasteiger charge is 2.24. The Kier molecular flexibility index (Phi) is 4.72. The number of ether oxygens (including phenoxy) is 1. The molecule has 4 aromatic rings. The lowest BCUT2D eigenvalue weighted by Gasteiger charge is -2.31. The first-order chi connectivity index (χ1) is 15.8. The summed E-state index contributed by atoms with van der Waals surface area (Å²) in [5, 5.41) is 14.9. The average molecular weight is 427 g/mol. The zero-order valence-electron chi connectivity index (χ0n) is 17.8. The number of H-pyrrole nitrogens is 1. The largest absolute Gasteiger partial charge is 0.489 e. The highest BCUT2D eigenvalue weighted by atomic mass is 16.5. The monoisotopic (exact) mass is 426 g/mol. The Balaban J connectivity index is 1.21. The number of anilines is 3. The lowest BCUT2D eigenvalue weighted by molar-refractivity contribution is 0.176. The Labute approximate surface area is 186 Å². The van der Waals surface area contributed by atoms with E-state index < -0.39 is 6.10 Å². The molecule has 6 nitrogen and oxygen atoms in total. The highest BCUT2D eigenvalue weighted by molar-refractivity contribution is 5.83. The summed E-state index contributed by atoms with van der Waals surface area (Å²) in [5.41, 5.74) is 7.58. The predicted molar refractivity (Wildman–Crippen MR) is 127 cm³/mol. The van der Waals surface area contributed by atoms with Crippen molar-refractivity contribution in [2.24, 2.45) is 0 Å². The van der Waals surface area contributed by atoms with Gasteiger partial charge in [-0.25, -0.2) is 0 Å². The quantitative estimate of drug-likeness (QED) is 0.430. The molecule has 2 aromatic heterocycles. The van der Waals surface area contributed by atoms with Crippen LogP contribution in [0.5, 0.6) is 5.75 Å². The topological polar surface area (TPSA) is 73.4 Å². The van der Waals surface area contributed by atoms with Crippen LogP contribution in [-0.2, 0) is 12.8 Å². The fraction of sp³-hybridized carbons (Fsp3) is 0.269. The molecule has 6 rings (SSSR count). The van der Waals surface area contributed by atoms with Crippen molar-refractivity contribution in [1.82, 2.24) is 9.97 Å². The van der Waals surface area contributed by atoms with E-state index in [0.717, 1.165) is 66.4 Å². The van der Waals surface area contributed by atoms with Crippen molar-refractivity contribution in [1.29, 1.82) is 0 Å². The first kappa shape index (κ1) is 19.2. The van der Waals surface area contributed by atoms with E-state index in [9.17, 15) is 5.11 Å². The molecule has 162 valence electrons. The molecule has 0 spiro atoms. The second-order valence-corrected chi connectivity index (χ2v) is 8.53. The maximum atomic E-state index is 10.1. The number of rotatable bonds is 5. The van der Waals surface area contributed by atoms with Crippen molar-refractivity contribution in [3.63, 3.8) is 0 Å². The lowest BCUT2D eigenvalue weighted by Crippen LogP contribution is -2.34. The molecule has 2 aliphatic rings. The van der Waals surface area contributed by atoms with Gasteiger partial charge in [0, 0.05) is 47.3 Å². The summed E-state index contributed by atoms with van der Waals surface area (Å²) in [6.07, 6.45) is 5.99. The molecule has 1 unspecified atom stereocenters. The van der Waals surface area contributed by atoms with Gasteiger partial charge < -0.3 is 25.0 Å². The number of para-hydroxylation sites is 1. The first-order valence-corrected chi connectivity index (χ1v) is 11.3. The van der Waals surface area contributed by atoms with E-state index in [1.807, 2.05) is 6.07 Å². The van der Waals surface area contributed by atoms with Gasteiger partial charge in [0.15, 0.2) is 0 Å². The minimum Gasteiger partial charge on any atom is -0.489 e. The minimum absolute atomic E-state index is 0.454. The molecule has 32 heavy (non-hydrogen) atoms. The number of nitrogens with one attached hydrogen (secondary N) is 2. The van der Waals surface area contributed by atoms with E-state index in [1.54, 1.807) is 6.20 Å². The number of benzene rings is 2. The van der Waals surface area contributed by atoms with Crippen LogP contribution in [0.15, 0.2) is 60.9 Å². The summed E-state index contributed by atoms with van der Waals surface area (Å²) in [6, 6.07) is 16.8. The van der Waals surface area contributed by atoms with Gasteiger partial charge in [-0.15, -0.1) is 0 Å². The van der Waals surface area contributed by atoms with Crippen LogP contribution >= 0.6 is 0 Å². The van der Waals surface area contributed by atoms with Crippen molar-refractivity contribution in [2.45, 2.75) is 25.4 Å². The van der Waals surface area contributed by atoms with Gasteiger partial charge >= 0.3 is 0 Å². The number of nitrogens with zero attached hydrogens (tertiary/aromatic N) is 2. The lowest BCUT2D eigenvalue weighted by atomic mass is 10.1. The summed E-state index contributed by atoms with van der Waals surface area (Å²) in [4.78, 5) is 10.1. The van der Waals surface area contributed by atoms with Crippen molar-refractivity contribution in [2.75, 3.05) is 29.9 Å². The number of pyridine rings is 1. The van der Waals surface area contributed by atoms with Gasteiger partial charge in [0.1, 0.15) is 12.4 Å². The maximum absolute atomic E-state index is 10.1. The van der Waals surface area contributed by atoms with Crippen molar-refractivity contribution in [3.05, 3.63) is 77.7 Å². The van der Waals surface area contributed by atoms with Crippen LogP contribution in [0.1, 0.15) is 29.3 Å². The molecule has 0 radical (unpaired) electrons.